The number of hydrogen-bond acceptors (Lipinski definition) is 8. The first-order chi connectivity index (χ1) is 19.1. The molecule has 0 radical (unpaired) electrons. The van der Waals surface area contributed by atoms with Crippen LogP contribution in [0.2, 0.25) is 5.02 Å². The SMILES string of the molecule is COc1cc([C@H](c2c[nH]c3ccccc23)C2C(=O)OC(C)(C)OC2=O)cc(Cl)c1OCc1ccc([N+](=O)[O-])cc1. The lowest BCUT2D eigenvalue weighted by atomic mass is 9.79. The third-order valence-corrected chi connectivity index (χ3v) is 6.91. The molecule has 1 aliphatic rings. The molecule has 1 aliphatic heterocycles. The number of hydrogen-bond donors (Lipinski definition) is 1. The Hall–Kier alpha value is -4.57. The predicted octanol–water partition coefficient (Wildman–Crippen LogP) is 5.90. The highest BCUT2D eigenvalue weighted by Gasteiger charge is 2.49. The second-order valence-electron chi connectivity index (χ2n) is 9.73. The van der Waals surface area contributed by atoms with Crippen LogP contribution < -0.4 is 9.47 Å². The fourth-order valence-electron chi connectivity index (χ4n) is 4.83. The third kappa shape index (κ3) is 5.17. The number of nitrogens with zero attached hydrogens (tertiary/aromatic N) is 1. The van der Waals surface area contributed by atoms with Crippen molar-refractivity contribution in [1.82, 2.24) is 4.98 Å². The fourth-order valence-corrected chi connectivity index (χ4v) is 5.11. The van der Waals surface area contributed by atoms with Crippen LogP contribution in [0.4, 0.5) is 5.69 Å². The largest absolute Gasteiger partial charge is 0.493 e. The summed E-state index contributed by atoms with van der Waals surface area (Å²) in [5.74, 6) is -4.45. The number of cyclic esters (lactones) is 2. The van der Waals surface area contributed by atoms with Crippen molar-refractivity contribution in [2.45, 2.75) is 32.2 Å². The van der Waals surface area contributed by atoms with Gasteiger partial charge in [0.05, 0.1) is 17.1 Å². The van der Waals surface area contributed by atoms with Crippen LogP contribution in [0.3, 0.4) is 0 Å². The van der Waals surface area contributed by atoms with Crippen molar-refractivity contribution < 1.29 is 33.5 Å². The number of aromatic nitrogens is 1. The van der Waals surface area contributed by atoms with E-state index >= 15 is 0 Å². The van der Waals surface area contributed by atoms with Gasteiger partial charge in [0, 0.05) is 49.0 Å². The molecule has 4 aromatic rings. The molecule has 1 saturated heterocycles. The number of rotatable bonds is 8. The topological polar surface area (TPSA) is 130 Å². The second kappa shape index (κ2) is 10.5. The van der Waals surface area contributed by atoms with Crippen molar-refractivity contribution in [3.05, 3.63) is 98.7 Å². The van der Waals surface area contributed by atoms with Gasteiger partial charge in [-0.1, -0.05) is 29.8 Å². The maximum atomic E-state index is 13.2. The van der Waals surface area contributed by atoms with Gasteiger partial charge >= 0.3 is 11.9 Å². The Labute approximate surface area is 233 Å². The second-order valence-corrected chi connectivity index (χ2v) is 10.1. The van der Waals surface area contributed by atoms with Crippen LogP contribution in [-0.2, 0) is 25.7 Å². The predicted molar refractivity (Wildman–Crippen MR) is 145 cm³/mol. The molecule has 5 rings (SSSR count). The van der Waals surface area contributed by atoms with E-state index in [1.807, 2.05) is 24.3 Å². The van der Waals surface area contributed by atoms with Gasteiger partial charge in [0.2, 0.25) is 0 Å². The number of para-hydroxylation sites is 1. The molecule has 1 atom stereocenters. The average molecular weight is 565 g/mol. The molecular weight excluding hydrogens is 540 g/mol. The van der Waals surface area contributed by atoms with Gasteiger partial charge in [-0.25, -0.2) is 0 Å². The summed E-state index contributed by atoms with van der Waals surface area (Å²) in [6.45, 7) is 3.06. The zero-order chi connectivity index (χ0) is 28.6. The standard InChI is InChI=1S/C29H25ClN2O8/c1-29(2)39-27(33)25(28(34)40-29)24(20-14-31-22-7-5-4-6-19(20)22)17-12-21(30)26(23(13-17)37-3)38-15-16-8-10-18(11-9-16)32(35)36/h4-14,24-25,31H,15H2,1-3H3/t24-/m1/s1. The number of benzene rings is 3. The van der Waals surface area contributed by atoms with Crippen molar-refractivity contribution in [1.29, 1.82) is 0 Å². The van der Waals surface area contributed by atoms with E-state index < -0.39 is 34.5 Å². The van der Waals surface area contributed by atoms with Crippen LogP contribution in [0, 0.1) is 16.0 Å². The van der Waals surface area contributed by atoms with Crippen LogP contribution in [0.25, 0.3) is 10.9 Å². The first-order valence-corrected chi connectivity index (χ1v) is 12.7. The van der Waals surface area contributed by atoms with Gasteiger partial charge in [-0.3, -0.25) is 19.7 Å². The highest BCUT2D eigenvalue weighted by molar-refractivity contribution is 6.32. The maximum Gasteiger partial charge on any atom is 0.324 e. The number of nitrogens with one attached hydrogen (secondary N) is 1. The summed E-state index contributed by atoms with van der Waals surface area (Å²) in [7, 11) is 1.44. The molecule has 40 heavy (non-hydrogen) atoms. The summed E-state index contributed by atoms with van der Waals surface area (Å²) in [6, 6.07) is 16.7. The lowest BCUT2D eigenvalue weighted by molar-refractivity contribution is -0.384. The van der Waals surface area contributed by atoms with Gasteiger partial charge in [-0.05, 0) is 47.0 Å². The van der Waals surface area contributed by atoms with E-state index in [2.05, 4.69) is 4.98 Å². The molecule has 0 saturated carbocycles. The summed E-state index contributed by atoms with van der Waals surface area (Å²) >= 11 is 6.69. The molecular formula is C29H25ClN2O8. The molecule has 0 aliphatic carbocycles. The van der Waals surface area contributed by atoms with E-state index in [0.29, 0.717) is 16.7 Å². The number of ether oxygens (including phenoxy) is 4. The van der Waals surface area contributed by atoms with Crippen LogP contribution in [0.5, 0.6) is 11.5 Å². The van der Waals surface area contributed by atoms with E-state index in [4.69, 9.17) is 30.5 Å². The quantitative estimate of drug-likeness (QED) is 0.121. The monoisotopic (exact) mass is 564 g/mol. The number of carbonyl (C=O) groups is 2. The third-order valence-electron chi connectivity index (χ3n) is 6.63. The van der Waals surface area contributed by atoms with Crippen LogP contribution in [-0.4, -0.2) is 34.7 Å². The molecule has 10 nitrogen and oxygen atoms in total. The van der Waals surface area contributed by atoms with Gasteiger partial charge < -0.3 is 23.9 Å². The van der Waals surface area contributed by atoms with E-state index in [-0.39, 0.29) is 28.8 Å². The number of nitro groups is 1. The zero-order valence-corrected chi connectivity index (χ0v) is 22.6. The molecule has 1 aromatic heterocycles. The van der Waals surface area contributed by atoms with Crippen molar-refractivity contribution >= 4 is 40.1 Å². The van der Waals surface area contributed by atoms with Crippen molar-refractivity contribution in [3.8, 4) is 11.5 Å². The average Bonchev–Trinajstić information content (AvgIpc) is 3.33. The molecule has 1 N–H and O–H groups in total. The highest BCUT2D eigenvalue weighted by Crippen LogP contribution is 2.45. The molecule has 0 spiro atoms. The highest BCUT2D eigenvalue weighted by atomic mass is 35.5. The van der Waals surface area contributed by atoms with Gasteiger partial charge in [0.15, 0.2) is 17.4 Å². The number of carbonyl (C=O) groups excluding carboxylic acids is 2. The van der Waals surface area contributed by atoms with E-state index in [0.717, 1.165) is 10.9 Å². The molecule has 0 bridgehead atoms. The number of H-pyrrole nitrogens is 1. The van der Waals surface area contributed by atoms with Crippen LogP contribution in [0.15, 0.2) is 66.9 Å². The summed E-state index contributed by atoms with van der Waals surface area (Å²) in [6.07, 6.45) is 1.75. The maximum absolute atomic E-state index is 13.2. The number of halogens is 1. The number of esters is 2. The first-order valence-electron chi connectivity index (χ1n) is 12.3. The Kier molecular flexibility index (Phi) is 7.12. The van der Waals surface area contributed by atoms with Crippen LogP contribution in [0.1, 0.15) is 36.5 Å². The molecule has 2 heterocycles. The fraction of sp³-hybridized carbons (Fsp3) is 0.241. The van der Waals surface area contributed by atoms with Gasteiger partial charge in [0.1, 0.15) is 6.61 Å². The number of non-ortho nitro benzene ring substituents is 1. The summed E-state index contributed by atoms with van der Waals surface area (Å²) in [5, 5.41) is 11.9. The number of methoxy groups -OCH3 is 1. The minimum atomic E-state index is -1.39. The Morgan fingerprint density at radius 3 is 2.40 bits per heavy atom. The smallest absolute Gasteiger partial charge is 0.324 e. The minimum Gasteiger partial charge on any atom is -0.493 e. The summed E-state index contributed by atoms with van der Waals surface area (Å²) in [4.78, 5) is 40.1. The number of aromatic amines is 1. The van der Waals surface area contributed by atoms with Crippen molar-refractivity contribution in [2.75, 3.05) is 7.11 Å². The molecule has 11 heteroatoms. The Bertz CT molecular complexity index is 1590. The molecule has 206 valence electrons. The minimum absolute atomic E-state index is 0.0322. The zero-order valence-electron chi connectivity index (χ0n) is 21.8. The Morgan fingerprint density at radius 1 is 1.07 bits per heavy atom. The van der Waals surface area contributed by atoms with Crippen molar-refractivity contribution in [3.63, 3.8) is 0 Å². The molecule has 3 aromatic carbocycles. The molecule has 1 fully saturated rings. The normalized spacial score (nSPS) is 15.8. The van der Waals surface area contributed by atoms with E-state index in [1.165, 1.54) is 33.1 Å². The number of fused-ring (bicyclic) bond motifs is 1. The van der Waals surface area contributed by atoms with Gasteiger partial charge in [-0.15, -0.1) is 0 Å². The lowest BCUT2D eigenvalue weighted by Gasteiger charge is -2.36. The van der Waals surface area contributed by atoms with Gasteiger partial charge in [0.25, 0.3) is 11.5 Å². The van der Waals surface area contributed by atoms with E-state index in [1.54, 1.807) is 30.5 Å². The lowest BCUT2D eigenvalue weighted by Crippen LogP contribution is -2.48. The Balaban J connectivity index is 1.55. The molecule has 0 amide bonds. The number of nitro benzene ring substituents is 1. The van der Waals surface area contributed by atoms with Crippen LogP contribution >= 0.6 is 11.6 Å². The van der Waals surface area contributed by atoms with E-state index in [9.17, 15) is 19.7 Å². The molecule has 0 unspecified atom stereocenters. The van der Waals surface area contributed by atoms with Crippen molar-refractivity contribution in [2.24, 2.45) is 5.92 Å². The van der Waals surface area contributed by atoms with Gasteiger partial charge in [-0.2, -0.15) is 0 Å². The summed E-state index contributed by atoms with van der Waals surface area (Å²) < 4.78 is 22.5. The first kappa shape index (κ1) is 27.0. The summed E-state index contributed by atoms with van der Waals surface area (Å²) in [5.41, 5.74) is 2.65. The Morgan fingerprint density at radius 2 is 1.75 bits per heavy atom.